The molecule has 0 aromatic carbocycles. The Bertz CT molecular complexity index is 268. The minimum Gasteiger partial charge on any atom is -0.756 e. The number of aliphatic hydroxyl groups is 4. The third-order valence-electron chi connectivity index (χ3n) is 1.66. The fraction of sp³-hybridized carbons (Fsp3) is 0.833. The van der Waals surface area contributed by atoms with E-state index in [0.29, 0.717) is 0 Å². The minimum atomic E-state index is -5.27. The predicted molar refractivity (Wildman–Crippen MR) is 45.9 cm³/mol. The normalized spacial score (nSPS) is 21.5. The van der Waals surface area contributed by atoms with Crippen molar-refractivity contribution in [3.63, 3.8) is 0 Å². The molecule has 0 spiro atoms. The molecule has 0 aliphatic rings. The number of hydrogen-bond donors (Lipinski definition) is 5. The van der Waals surface area contributed by atoms with Crippen molar-refractivity contribution in [3.05, 3.63) is 0 Å². The van der Waals surface area contributed by atoms with Crippen molar-refractivity contribution in [3.8, 4) is 0 Å². The van der Waals surface area contributed by atoms with Gasteiger partial charge in [0.05, 0.1) is 6.61 Å². The second-order valence-electron chi connectivity index (χ2n) is 2.91. The Balaban J connectivity index is 0. The first-order valence-corrected chi connectivity index (χ1v) is 5.55. The zero-order valence-corrected chi connectivity index (χ0v) is 11.8. The standard InChI is InChI=1S/C6H13O9P.Na/c7-1-3(9)5(10)6(11)4(2-8)15-16(12,13)14;/h2-7,9-11H,1H2,(H2,12,13,14);/q;+1/p-1/t3-,4+,5-,6-;/m1./s1. The summed E-state index contributed by atoms with van der Waals surface area (Å²) in [4.78, 5) is 28.9. The van der Waals surface area contributed by atoms with Crippen LogP contribution in [-0.2, 0) is 13.9 Å². The van der Waals surface area contributed by atoms with Gasteiger partial charge >= 0.3 is 29.6 Å². The number of hydrogen-bond acceptors (Lipinski definition) is 8. The van der Waals surface area contributed by atoms with Crippen molar-refractivity contribution >= 4 is 14.1 Å². The largest absolute Gasteiger partial charge is 1.00 e. The molecule has 0 rings (SSSR count). The molecule has 0 saturated heterocycles. The van der Waals surface area contributed by atoms with Gasteiger partial charge in [0.1, 0.15) is 24.4 Å². The number of aldehydes is 1. The summed E-state index contributed by atoms with van der Waals surface area (Å²) in [5, 5.41) is 35.6. The summed E-state index contributed by atoms with van der Waals surface area (Å²) in [5.41, 5.74) is 0. The first kappa shape index (κ1) is 19.9. The first-order valence-electron chi connectivity index (χ1n) is 4.05. The van der Waals surface area contributed by atoms with E-state index >= 15 is 0 Å². The topological polar surface area (TPSA) is 168 Å². The van der Waals surface area contributed by atoms with Crippen LogP contribution in [0.3, 0.4) is 0 Å². The molecule has 11 heteroatoms. The molecule has 0 bridgehead atoms. The summed E-state index contributed by atoms with van der Waals surface area (Å²) >= 11 is 0. The second-order valence-corrected chi connectivity index (χ2v) is 4.05. The summed E-state index contributed by atoms with van der Waals surface area (Å²) in [6, 6.07) is 0. The van der Waals surface area contributed by atoms with Gasteiger partial charge in [-0.3, -0.25) is 4.57 Å². The van der Waals surface area contributed by atoms with Crippen molar-refractivity contribution in [2.24, 2.45) is 0 Å². The van der Waals surface area contributed by atoms with Crippen LogP contribution >= 0.6 is 7.82 Å². The van der Waals surface area contributed by atoms with Crippen LogP contribution in [0.5, 0.6) is 0 Å². The molecule has 0 amide bonds. The van der Waals surface area contributed by atoms with Gasteiger partial charge in [-0.1, -0.05) is 0 Å². The average molecular weight is 282 g/mol. The molecule has 17 heavy (non-hydrogen) atoms. The van der Waals surface area contributed by atoms with E-state index in [9.17, 15) is 19.4 Å². The summed E-state index contributed by atoms with van der Waals surface area (Å²) in [6.07, 6.45) is -8.17. The minimum absolute atomic E-state index is 0. The van der Waals surface area contributed by atoms with Crippen LogP contribution in [0, 0.1) is 0 Å². The maximum absolute atomic E-state index is 10.3. The number of rotatable bonds is 7. The van der Waals surface area contributed by atoms with Crippen LogP contribution in [0.25, 0.3) is 0 Å². The number of carbonyl (C=O) groups is 1. The third-order valence-corrected chi connectivity index (χ3v) is 2.17. The number of phosphoric ester groups is 1. The van der Waals surface area contributed by atoms with Crippen molar-refractivity contribution in [1.82, 2.24) is 0 Å². The van der Waals surface area contributed by atoms with E-state index in [1.54, 1.807) is 0 Å². The third kappa shape index (κ3) is 7.60. The van der Waals surface area contributed by atoms with Gasteiger partial charge < -0.3 is 39.5 Å². The molecule has 0 aliphatic heterocycles. The van der Waals surface area contributed by atoms with Crippen LogP contribution in [0.1, 0.15) is 0 Å². The zero-order chi connectivity index (χ0) is 12.9. The molecule has 0 aliphatic carbocycles. The second kappa shape index (κ2) is 8.68. The molecular weight excluding hydrogens is 270 g/mol. The van der Waals surface area contributed by atoms with E-state index in [2.05, 4.69) is 4.52 Å². The van der Waals surface area contributed by atoms with Gasteiger partial charge in [0.2, 0.25) is 0 Å². The van der Waals surface area contributed by atoms with Gasteiger partial charge in [-0.15, -0.1) is 0 Å². The van der Waals surface area contributed by atoms with Crippen LogP contribution in [-0.4, -0.2) is 62.6 Å². The van der Waals surface area contributed by atoms with Crippen LogP contribution in [0.2, 0.25) is 0 Å². The molecule has 5 N–H and O–H groups in total. The van der Waals surface area contributed by atoms with E-state index in [4.69, 9.17) is 20.2 Å². The van der Waals surface area contributed by atoms with Crippen LogP contribution in [0.4, 0.5) is 0 Å². The quantitative estimate of drug-likeness (QED) is 0.173. The van der Waals surface area contributed by atoms with Gasteiger partial charge in [0.25, 0.3) is 7.82 Å². The Hall–Kier alpha value is 0.620. The maximum Gasteiger partial charge on any atom is 1.00 e. The Morgan fingerprint density at radius 2 is 1.76 bits per heavy atom. The van der Waals surface area contributed by atoms with Gasteiger partial charge in [0.15, 0.2) is 6.29 Å². The SMILES string of the molecule is O=C[C@H](OP(=O)([O-])O)[C@@H](O)[C@H](O)[C@H](O)CO.[Na+]. The Kier molecular flexibility index (Phi) is 10.2. The zero-order valence-electron chi connectivity index (χ0n) is 8.91. The molecule has 0 aromatic heterocycles. The van der Waals surface area contributed by atoms with Crippen LogP contribution < -0.4 is 34.5 Å². The van der Waals surface area contributed by atoms with Gasteiger partial charge in [-0.25, -0.2) is 0 Å². The monoisotopic (exact) mass is 282 g/mol. The van der Waals surface area contributed by atoms with Gasteiger partial charge in [0, 0.05) is 0 Å². The summed E-state index contributed by atoms with van der Waals surface area (Å²) in [5.74, 6) is 0. The molecule has 0 fully saturated rings. The number of carbonyl (C=O) groups excluding carboxylic acids is 1. The molecule has 0 aromatic rings. The maximum atomic E-state index is 10.3. The van der Waals surface area contributed by atoms with E-state index in [1.807, 2.05) is 0 Å². The molecule has 0 radical (unpaired) electrons. The van der Waals surface area contributed by atoms with Crippen molar-refractivity contribution in [1.29, 1.82) is 0 Å². The number of aliphatic hydroxyl groups excluding tert-OH is 4. The number of phosphoric acid groups is 1. The first-order chi connectivity index (χ1) is 7.22. The molecule has 0 heterocycles. The predicted octanol–water partition coefficient (Wildman–Crippen LogP) is -6.89. The van der Waals surface area contributed by atoms with E-state index in [0.717, 1.165) is 0 Å². The molecule has 0 saturated carbocycles. The van der Waals surface area contributed by atoms with E-state index < -0.39 is 38.8 Å². The molecular formula is C6H12NaO9P. The molecule has 1 unspecified atom stereocenters. The van der Waals surface area contributed by atoms with Gasteiger partial charge in [-0.2, -0.15) is 0 Å². The van der Waals surface area contributed by atoms with Crippen molar-refractivity contribution in [2.75, 3.05) is 6.61 Å². The summed E-state index contributed by atoms with van der Waals surface area (Å²) in [7, 11) is -5.27. The smallest absolute Gasteiger partial charge is 0.756 e. The molecule has 96 valence electrons. The fourth-order valence-corrected chi connectivity index (χ4v) is 1.33. The Morgan fingerprint density at radius 1 is 1.29 bits per heavy atom. The summed E-state index contributed by atoms with van der Waals surface area (Å²) < 4.78 is 14.0. The van der Waals surface area contributed by atoms with Crippen LogP contribution in [0.15, 0.2) is 0 Å². The van der Waals surface area contributed by atoms with Crippen molar-refractivity contribution in [2.45, 2.75) is 24.4 Å². The van der Waals surface area contributed by atoms with E-state index in [-0.39, 0.29) is 35.8 Å². The average Bonchev–Trinajstić information content (AvgIpc) is 2.21. The molecule has 5 atom stereocenters. The summed E-state index contributed by atoms with van der Waals surface area (Å²) in [6.45, 7) is -0.919. The van der Waals surface area contributed by atoms with Gasteiger partial charge in [-0.05, 0) is 0 Å². The Morgan fingerprint density at radius 3 is 2.06 bits per heavy atom. The van der Waals surface area contributed by atoms with Crippen molar-refractivity contribution < 1.29 is 73.7 Å². The van der Waals surface area contributed by atoms with E-state index in [1.165, 1.54) is 0 Å². The fourth-order valence-electron chi connectivity index (χ4n) is 0.851. The Labute approximate surface area is 119 Å². The molecule has 9 nitrogen and oxygen atoms in total.